The van der Waals surface area contributed by atoms with E-state index in [1.807, 2.05) is 58.0 Å². The number of guanidine groups is 1. The lowest BCUT2D eigenvalue weighted by Crippen LogP contribution is -2.38. The number of hydrogen-bond acceptors (Lipinski definition) is 5. The molecule has 0 radical (unpaired) electrons. The van der Waals surface area contributed by atoms with Crippen LogP contribution in [0.3, 0.4) is 0 Å². The first-order valence-electron chi connectivity index (χ1n) is 11.2. The van der Waals surface area contributed by atoms with Crippen molar-refractivity contribution in [1.29, 1.82) is 0 Å². The molecule has 0 saturated carbocycles. The number of ether oxygens (including phenoxy) is 2. The fourth-order valence-electron chi connectivity index (χ4n) is 3.01. The summed E-state index contributed by atoms with van der Waals surface area (Å²) in [5.41, 5.74) is 2.01. The molecule has 0 bridgehead atoms. The molecule has 1 aromatic heterocycles. The van der Waals surface area contributed by atoms with Gasteiger partial charge in [-0.25, -0.2) is 4.98 Å². The highest BCUT2D eigenvalue weighted by molar-refractivity contribution is 14.0. The Balaban J connectivity index is 0.00000544. The number of aliphatic imine (C=N–C) groups is 1. The lowest BCUT2D eigenvalue weighted by atomic mass is 10.1. The molecule has 0 saturated heterocycles. The minimum atomic E-state index is -0.111. The summed E-state index contributed by atoms with van der Waals surface area (Å²) in [6.45, 7) is 10.8. The van der Waals surface area contributed by atoms with Crippen LogP contribution in [0.4, 0.5) is 5.82 Å². The zero-order chi connectivity index (χ0) is 23.2. The van der Waals surface area contributed by atoms with E-state index >= 15 is 0 Å². The molecule has 1 aromatic carbocycles. The number of hydrogen-bond donors (Lipinski definition) is 3. The molecular weight excluding hydrogens is 533 g/mol. The Bertz CT molecular complexity index is 892. The van der Waals surface area contributed by atoms with E-state index in [1.165, 1.54) is 0 Å². The van der Waals surface area contributed by atoms with Gasteiger partial charge in [0.05, 0.1) is 19.8 Å². The van der Waals surface area contributed by atoms with E-state index in [-0.39, 0.29) is 36.3 Å². The summed E-state index contributed by atoms with van der Waals surface area (Å²) < 4.78 is 11.3. The van der Waals surface area contributed by atoms with Gasteiger partial charge >= 0.3 is 0 Å². The molecule has 0 aliphatic carbocycles. The molecule has 33 heavy (non-hydrogen) atoms. The SMILES string of the molecule is CCNC(=NCCC(=O)Nc1cccc(C)n1)NCCc1ccc(OCC)c(OCC)c1.I. The molecule has 2 rings (SSSR count). The van der Waals surface area contributed by atoms with Gasteiger partial charge in [-0.1, -0.05) is 12.1 Å². The molecule has 2 aromatic rings. The number of nitrogens with one attached hydrogen (secondary N) is 3. The summed E-state index contributed by atoms with van der Waals surface area (Å²) in [7, 11) is 0. The van der Waals surface area contributed by atoms with E-state index in [1.54, 1.807) is 6.07 Å². The summed E-state index contributed by atoms with van der Waals surface area (Å²) in [6, 6.07) is 11.5. The van der Waals surface area contributed by atoms with Crippen LogP contribution in [0.1, 0.15) is 38.4 Å². The monoisotopic (exact) mass is 569 g/mol. The third kappa shape index (κ3) is 10.7. The number of nitrogens with zero attached hydrogens (tertiary/aromatic N) is 2. The minimum absolute atomic E-state index is 0. The number of anilines is 1. The number of aryl methyl sites for hydroxylation is 1. The number of halogens is 1. The summed E-state index contributed by atoms with van der Waals surface area (Å²) in [5, 5.41) is 9.32. The van der Waals surface area contributed by atoms with Gasteiger partial charge in [0.25, 0.3) is 0 Å². The second-order valence-electron chi connectivity index (χ2n) is 7.05. The third-order valence-electron chi connectivity index (χ3n) is 4.42. The molecule has 182 valence electrons. The number of pyridine rings is 1. The molecular formula is C24H36IN5O3. The first kappa shape index (κ1) is 28.5. The van der Waals surface area contributed by atoms with Crippen molar-refractivity contribution in [3.8, 4) is 11.5 Å². The Hall–Kier alpha value is -2.56. The van der Waals surface area contributed by atoms with Crippen LogP contribution in [0, 0.1) is 6.92 Å². The summed E-state index contributed by atoms with van der Waals surface area (Å²) in [4.78, 5) is 20.9. The van der Waals surface area contributed by atoms with Crippen LogP contribution in [0.5, 0.6) is 11.5 Å². The van der Waals surface area contributed by atoms with Gasteiger partial charge in [0.2, 0.25) is 5.91 Å². The van der Waals surface area contributed by atoms with Gasteiger partial charge in [-0.15, -0.1) is 24.0 Å². The maximum atomic E-state index is 12.1. The highest BCUT2D eigenvalue weighted by Crippen LogP contribution is 2.28. The number of amides is 1. The van der Waals surface area contributed by atoms with E-state index < -0.39 is 0 Å². The Labute approximate surface area is 214 Å². The fourth-order valence-corrected chi connectivity index (χ4v) is 3.01. The lowest BCUT2D eigenvalue weighted by Gasteiger charge is -2.14. The molecule has 0 atom stereocenters. The molecule has 0 unspecified atom stereocenters. The van der Waals surface area contributed by atoms with Crippen LogP contribution in [-0.2, 0) is 11.2 Å². The first-order chi connectivity index (χ1) is 15.5. The zero-order valence-electron chi connectivity index (χ0n) is 19.9. The van der Waals surface area contributed by atoms with Gasteiger partial charge in [0.1, 0.15) is 5.82 Å². The van der Waals surface area contributed by atoms with Crippen molar-refractivity contribution in [1.82, 2.24) is 15.6 Å². The largest absolute Gasteiger partial charge is 0.490 e. The van der Waals surface area contributed by atoms with E-state index in [9.17, 15) is 4.79 Å². The van der Waals surface area contributed by atoms with Crippen LogP contribution in [0.15, 0.2) is 41.4 Å². The molecule has 8 nitrogen and oxygen atoms in total. The predicted octanol–water partition coefficient (Wildman–Crippen LogP) is 3.93. The van der Waals surface area contributed by atoms with Gasteiger partial charge in [-0.2, -0.15) is 0 Å². The standard InChI is InChI=1S/C24H35N5O3.HI/c1-5-25-24(27-16-14-23(30)29-22-10-8-9-18(4)28-22)26-15-13-19-11-12-20(31-6-2)21(17-19)32-7-3;/h8-12,17H,5-7,13-16H2,1-4H3,(H2,25,26,27)(H,28,29,30);1H. The smallest absolute Gasteiger partial charge is 0.227 e. The molecule has 1 amide bonds. The highest BCUT2D eigenvalue weighted by Gasteiger charge is 2.07. The molecule has 1 heterocycles. The minimum Gasteiger partial charge on any atom is -0.490 e. The summed E-state index contributed by atoms with van der Waals surface area (Å²) in [6.07, 6.45) is 1.08. The Morgan fingerprint density at radius 2 is 1.79 bits per heavy atom. The topological polar surface area (TPSA) is 96.9 Å². The van der Waals surface area contributed by atoms with Gasteiger partial charge < -0.3 is 25.4 Å². The van der Waals surface area contributed by atoms with E-state index in [4.69, 9.17) is 9.47 Å². The third-order valence-corrected chi connectivity index (χ3v) is 4.42. The van der Waals surface area contributed by atoms with Crippen LogP contribution in [0.2, 0.25) is 0 Å². The van der Waals surface area contributed by atoms with Crippen LogP contribution >= 0.6 is 24.0 Å². The lowest BCUT2D eigenvalue weighted by molar-refractivity contribution is -0.116. The van der Waals surface area contributed by atoms with Crippen molar-refractivity contribution in [3.05, 3.63) is 47.7 Å². The summed E-state index contributed by atoms with van der Waals surface area (Å²) in [5.74, 6) is 2.66. The van der Waals surface area contributed by atoms with Gasteiger partial charge in [-0.3, -0.25) is 9.79 Å². The van der Waals surface area contributed by atoms with Crippen molar-refractivity contribution >= 4 is 41.7 Å². The maximum absolute atomic E-state index is 12.1. The highest BCUT2D eigenvalue weighted by atomic mass is 127. The molecule has 3 N–H and O–H groups in total. The molecule has 0 spiro atoms. The maximum Gasteiger partial charge on any atom is 0.227 e. The number of benzene rings is 1. The van der Waals surface area contributed by atoms with Crippen molar-refractivity contribution < 1.29 is 14.3 Å². The Kier molecular flexibility index (Phi) is 13.9. The second kappa shape index (κ2) is 16.1. The van der Waals surface area contributed by atoms with E-state index in [2.05, 4.69) is 25.9 Å². The van der Waals surface area contributed by atoms with E-state index in [0.717, 1.165) is 35.7 Å². The quantitative estimate of drug-likeness (QED) is 0.204. The van der Waals surface area contributed by atoms with Crippen molar-refractivity contribution in [2.45, 2.75) is 40.5 Å². The van der Waals surface area contributed by atoms with Crippen LogP contribution in [-0.4, -0.2) is 49.7 Å². The zero-order valence-corrected chi connectivity index (χ0v) is 22.3. The van der Waals surface area contributed by atoms with E-state index in [0.29, 0.717) is 38.1 Å². The normalized spacial score (nSPS) is 10.7. The second-order valence-corrected chi connectivity index (χ2v) is 7.05. The molecule has 0 fully saturated rings. The summed E-state index contributed by atoms with van der Waals surface area (Å²) >= 11 is 0. The van der Waals surface area contributed by atoms with Gasteiger partial charge in [0, 0.05) is 25.2 Å². The Morgan fingerprint density at radius 3 is 2.48 bits per heavy atom. The predicted molar refractivity (Wildman–Crippen MR) is 144 cm³/mol. The van der Waals surface area contributed by atoms with Gasteiger partial charge in [-0.05, 0) is 63.9 Å². The van der Waals surface area contributed by atoms with Crippen molar-refractivity contribution in [3.63, 3.8) is 0 Å². The molecule has 0 aliphatic rings. The Morgan fingerprint density at radius 1 is 1.03 bits per heavy atom. The van der Waals surface area contributed by atoms with Gasteiger partial charge in [0.15, 0.2) is 17.5 Å². The number of rotatable bonds is 12. The van der Waals surface area contributed by atoms with Crippen molar-refractivity contribution in [2.75, 3.05) is 38.2 Å². The molecule has 9 heteroatoms. The van der Waals surface area contributed by atoms with Crippen LogP contribution < -0.4 is 25.4 Å². The number of carbonyl (C=O) groups excluding carboxylic acids is 1. The number of aromatic nitrogens is 1. The van der Waals surface area contributed by atoms with Crippen LogP contribution in [0.25, 0.3) is 0 Å². The average Bonchev–Trinajstić information content (AvgIpc) is 2.76. The fraction of sp³-hybridized carbons (Fsp3) is 0.458. The number of carbonyl (C=O) groups is 1. The molecule has 0 aliphatic heterocycles. The van der Waals surface area contributed by atoms with Crippen molar-refractivity contribution in [2.24, 2.45) is 4.99 Å². The average molecular weight is 569 g/mol. The first-order valence-corrected chi connectivity index (χ1v) is 11.2.